The number of hydrogen-bond acceptors (Lipinski definition) is 7. The first-order chi connectivity index (χ1) is 14.2. The van der Waals surface area contributed by atoms with Gasteiger partial charge >= 0.3 is 5.97 Å². The van der Waals surface area contributed by atoms with Crippen LogP contribution in [0.4, 0.5) is 0 Å². The molecule has 0 fully saturated rings. The Morgan fingerprint density at radius 2 is 1.77 bits per heavy atom. The number of rotatable bonds is 7. The van der Waals surface area contributed by atoms with Crippen LogP contribution in [0.3, 0.4) is 0 Å². The number of fused-ring (bicyclic) bond motifs is 1. The van der Waals surface area contributed by atoms with Crippen LogP contribution in [-0.2, 0) is 26.1 Å². The SMILES string of the molecule is COc1ccc2cc(CN(C)C(=O)COC(=O)c3ccc(S(N)(=O)=O)o3)ccc2c1. The molecular weight excluding hydrogens is 412 g/mol. The minimum absolute atomic E-state index is 0.314. The number of hydrogen-bond donors (Lipinski definition) is 1. The Morgan fingerprint density at radius 3 is 2.43 bits per heavy atom. The van der Waals surface area contributed by atoms with Gasteiger partial charge < -0.3 is 18.8 Å². The molecule has 30 heavy (non-hydrogen) atoms. The number of benzene rings is 2. The summed E-state index contributed by atoms with van der Waals surface area (Å²) >= 11 is 0. The summed E-state index contributed by atoms with van der Waals surface area (Å²) < 4.78 is 37.3. The van der Waals surface area contributed by atoms with E-state index in [1.165, 1.54) is 4.90 Å². The Labute approximate surface area is 173 Å². The molecule has 9 nitrogen and oxygen atoms in total. The zero-order chi connectivity index (χ0) is 21.9. The summed E-state index contributed by atoms with van der Waals surface area (Å²) in [5.41, 5.74) is 0.902. The maximum atomic E-state index is 12.3. The van der Waals surface area contributed by atoms with Crippen molar-refractivity contribution in [2.75, 3.05) is 20.8 Å². The molecule has 1 amide bonds. The fourth-order valence-electron chi connectivity index (χ4n) is 2.75. The number of nitrogens with two attached hydrogens (primary N) is 1. The van der Waals surface area contributed by atoms with Gasteiger partial charge in [-0.1, -0.05) is 18.2 Å². The summed E-state index contributed by atoms with van der Waals surface area (Å²) in [6.45, 7) is -0.208. The summed E-state index contributed by atoms with van der Waals surface area (Å²) in [4.78, 5) is 25.6. The summed E-state index contributed by atoms with van der Waals surface area (Å²) in [5.74, 6) is -1.00. The molecule has 0 atom stereocenters. The van der Waals surface area contributed by atoms with Crippen LogP contribution < -0.4 is 9.88 Å². The van der Waals surface area contributed by atoms with Crippen molar-refractivity contribution in [1.82, 2.24) is 4.90 Å². The number of likely N-dealkylation sites (N-methyl/N-ethyl adjacent to an activating group) is 1. The molecule has 10 heteroatoms. The second kappa shape index (κ2) is 8.56. The molecule has 0 unspecified atom stereocenters. The monoisotopic (exact) mass is 432 g/mol. The number of ether oxygens (including phenoxy) is 2. The third kappa shape index (κ3) is 4.97. The highest BCUT2D eigenvalue weighted by Crippen LogP contribution is 2.22. The molecule has 1 aromatic heterocycles. The average molecular weight is 432 g/mol. The van der Waals surface area contributed by atoms with Crippen LogP contribution in [-0.4, -0.2) is 46.0 Å². The molecular formula is C20H20N2O7S. The van der Waals surface area contributed by atoms with Crippen LogP contribution >= 0.6 is 0 Å². The second-order valence-corrected chi connectivity index (χ2v) is 8.03. The molecule has 0 radical (unpaired) electrons. The van der Waals surface area contributed by atoms with E-state index >= 15 is 0 Å². The van der Waals surface area contributed by atoms with Gasteiger partial charge in [0.15, 0.2) is 6.61 Å². The minimum atomic E-state index is -4.07. The van der Waals surface area contributed by atoms with Gasteiger partial charge in [-0.25, -0.2) is 18.4 Å². The van der Waals surface area contributed by atoms with Gasteiger partial charge in [0.05, 0.1) is 7.11 Å². The lowest BCUT2D eigenvalue weighted by Gasteiger charge is -2.17. The molecule has 158 valence electrons. The number of amides is 1. The normalized spacial score (nSPS) is 11.3. The summed E-state index contributed by atoms with van der Waals surface area (Å²) in [5, 5.41) is 6.37. The fraction of sp³-hybridized carbons (Fsp3) is 0.200. The van der Waals surface area contributed by atoms with Crippen molar-refractivity contribution in [3.05, 3.63) is 59.9 Å². The van der Waals surface area contributed by atoms with E-state index in [4.69, 9.17) is 19.0 Å². The van der Waals surface area contributed by atoms with Crippen molar-refractivity contribution in [3.8, 4) is 5.75 Å². The van der Waals surface area contributed by atoms with E-state index in [0.29, 0.717) is 6.54 Å². The molecule has 2 N–H and O–H groups in total. The number of nitrogens with zero attached hydrogens (tertiary/aromatic N) is 1. The summed E-state index contributed by atoms with van der Waals surface area (Å²) in [6.07, 6.45) is 0. The van der Waals surface area contributed by atoms with Gasteiger partial charge in [-0.15, -0.1) is 0 Å². The van der Waals surface area contributed by atoms with Crippen molar-refractivity contribution in [1.29, 1.82) is 0 Å². The van der Waals surface area contributed by atoms with E-state index in [9.17, 15) is 18.0 Å². The van der Waals surface area contributed by atoms with Crippen LogP contribution in [0.15, 0.2) is 58.0 Å². The Morgan fingerprint density at radius 1 is 1.07 bits per heavy atom. The molecule has 2 aromatic carbocycles. The van der Waals surface area contributed by atoms with Crippen LogP contribution in [0, 0.1) is 0 Å². The largest absolute Gasteiger partial charge is 0.497 e. The van der Waals surface area contributed by atoms with Gasteiger partial charge in [0, 0.05) is 13.6 Å². The van der Waals surface area contributed by atoms with Crippen LogP contribution in [0.1, 0.15) is 16.1 Å². The van der Waals surface area contributed by atoms with E-state index in [1.54, 1.807) is 14.2 Å². The average Bonchev–Trinajstić information content (AvgIpc) is 3.22. The van der Waals surface area contributed by atoms with Crippen LogP contribution in [0.2, 0.25) is 0 Å². The first kappa shape index (κ1) is 21.3. The third-order valence-electron chi connectivity index (χ3n) is 4.35. The quantitative estimate of drug-likeness (QED) is 0.565. The third-order valence-corrected chi connectivity index (χ3v) is 5.13. The number of sulfonamides is 1. The number of carbonyl (C=O) groups excluding carboxylic acids is 2. The molecule has 0 saturated heterocycles. The number of carbonyl (C=O) groups is 2. The topological polar surface area (TPSA) is 129 Å². The van der Waals surface area contributed by atoms with Crippen molar-refractivity contribution in [3.63, 3.8) is 0 Å². The highest BCUT2D eigenvalue weighted by molar-refractivity contribution is 7.89. The highest BCUT2D eigenvalue weighted by atomic mass is 32.2. The second-order valence-electron chi connectivity index (χ2n) is 6.54. The summed E-state index contributed by atoms with van der Waals surface area (Å²) in [6, 6.07) is 13.7. The first-order valence-corrected chi connectivity index (χ1v) is 10.3. The van der Waals surface area contributed by atoms with Crippen molar-refractivity contribution in [2.24, 2.45) is 5.14 Å². The Bertz CT molecular complexity index is 1200. The predicted octanol–water partition coefficient (Wildman–Crippen LogP) is 1.90. The van der Waals surface area contributed by atoms with Crippen LogP contribution in [0.25, 0.3) is 10.8 Å². The van der Waals surface area contributed by atoms with E-state index in [-0.39, 0.29) is 5.76 Å². The molecule has 3 aromatic rings. The fourth-order valence-corrected chi connectivity index (χ4v) is 3.22. The Hall–Kier alpha value is -3.37. The Kier molecular flexibility index (Phi) is 6.09. The van der Waals surface area contributed by atoms with Gasteiger partial charge in [-0.3, -0.25) is 4.79 Å². The molecule has 3 rings (SSSR count). The lowest BCUT2D eigenvalue weighted by molar-refractivity contribution is -0.133. The molecule has 0 aliphatic rings. The van der Waals surface area contributed by atoms with Crippen molar-refractivity contribution in [2.45, 2.75) is 11.6 Å². The summed E-state index contributed by atoms with van der Waals surface area (Å²) in [7, 11) is -0.882. The van der Waals surface area contributed by atoms with Crippen LogP contribution in [0.5, 0.6) is 5.75 Å². The molecule has 0 bridgehead atoms. The van der Waals surface area contributed by atoms with Gasteiger partial charge in [-0.05, 0) is 46.7 Å². The zero-order valence-corrected chi connectivity index (χ0v) is 17.1. The van der Waals surface area contributed by atoms with Crippen molar-refractivity contribution >= 4 is 32.7 Å². The molecule has 0 aliphatic carbocycles. The molecule has 0 aliphatic heterocycles. The zero-order valence-electron chi connectivity index (χ0n) is 16.3. The lowest BCUT2D eigenvalue weighted by atomic mass is 10.1. The minimum Gasteiger partial charge on any atom is -0.497 e. The van der Waals surface area contributed by atoms with Gasteiger partial charge in [0.25, 0.3) is 15.9 Å². The molecule has 0 spiro atoms. The lowest BCUT2D eigenvalue weighted by Crippen LogP contribution is -2.30. The maximum absolute atomic E-state index is 12.3. The van der Waals surface area contributed by atoms with Gasteiger partial charge in [-0.2, -0.15) is 0 Å². The number of esters is 1. The first-order valence-electron chi connectivity index (χ1n) is 8.78. The molecule has 0 saturated carbocycles. The number of methoxy groups -OCH3 is 1. The Balaban J connectivity index is 1.58. The van der Waals surface area contributed by atoms with E-state index < -0.39 is 33.6 Å². The van der Waals surface area contributed by atoms with Gasteiger partial charge in [0.1, 0.15) is 5.75 Å². The maximum Gasteiger partial charge on any atom is 0.374 e. The van der Waals surface area contributed by atoms with E-state index in [2.05, 4.69) is 0 Å². The van der Waals surface area contributed by atoms with E-state index in [0.717, 1.165) is 34.2 Å². The predicted molar refractivity (Wildman–Crippen MR) is 107 cm³/mol. The van der Waals surface area contributed by atoms with Gasteiger partial charge in [0.2, 0.25) is 10.9 Å². The van der Waals surface area contributed by atoms with E-state index in [1.807, 2.05) is 36.4 Å². The highest BCUT2D eigenvalue weighted by Gasteiger charge is 2.20. The standard InChI is InChI=1S/C20H20N2O7S/c1-22(11-13-3-4-15-10-16(27-2)6-5-14(15)9-13)18(23)12-28-20(24)17-7-8-19(29-17)30(21,25)26/h3-10H,11-12H2,1-2H3,(H2,21,25,26). The molecule has 1 heterocycles. The number of furan rings is 1. The van der Waals surface area contributed by atoms with Crippen molar-refractivity contribution < 1.29 is 31.9 Å². The smallest absolute Gasteiger partial charge is 0.374 e. The number of primary sulfonamides is 1.